The number of hydrogen-bond acceptors (Lipinski definition) is 2. The molecule has 0 amide bonds. The van der Waals surface area contributed by atoms with E-state index in [1.54, 1.807) is 6.92 Å². The molecule has 2 aliphatic rings. The van der Waals surface area contributed by atoms with Crippen molar-refractivity contribution in [3.63, 3.8) is 0 Å². The Bertz CT molecular complexity index is 684. The average Bonchev–Trinajstić information content (AvgIpc) is 3.12. The zero-order valence-electron chi connectivity index (χ0n) is 11.3. The van der Waals surface area contributed by atoms with Gasteiger partial charge in [-0.25, -0.2) is 9.37 Å². The first kappa shape index (κ1) is 12.6. The molecule has 0 saturated carbocycles. The molecule has 2 aliphatic heterocycles. The van der Waals surface area contributed by atoms with Crippen molar-refractivity contribution in [1.82, 2.24) is 9.55 Å². The maximum Gasteiger partial charge on any atom is 0.128 e. The molecule has 0 N–H and O–H groups in total. The van der Waals surface area contributed by atoms with Gasteiger partial charge in [0.25, 0.3) is 0 Å². The minimum Gasteiger partial charge on any atom is -0.373 e. The molecule has 106 valence electrons. The van der Waals surface area contributed by atoms with Crippen LogP contribution < -0.4 is 0 Å². The highest BCUT2D eigenvalue weighted by atomic mass is 35.5. The van der Waals surface area contributed by atoms with Crippen LogP contribution >= 0.6 is 11.6 Å². The lowest BCUT2D eigenvalue weighted by atomic mass is 9.95. The van der Waals surface area contributed by atoms with Gasteiger partial charge < -0.3 is 9.30 Å². The monoisotopic (exact) mass is 294 g/mol. The van der Waals surface area contributed by atoms with Gasteiger partial charge in [-0.05, 0) is 37.8 Å². The Labute approximate surface area is 121 Å². The van der Waals surface area contributed by atoms with Crippen LogP contribution in [0.15, 0.2) is 12.1 Å². The van der Waals surface area contributed by atoms with Gasteiger partial charge in [-0.3, -0.25) is 0 Å². The Morgan fingerprint density at radius 2 is 2.30 bits per heavy atom. The molecule has 3 atom stereocenters. The van der Waals surface area contributed by atoms with Crippen LogP contribution in [0.4, 0.5) is 4.39 Å². The number of aromatic nitrogens is 2. The lowest BCUT2D eigenvalue weighted by molar-refractivity contribution is 0.0940. The van der Waals surface area contributed by atoms with Crippen molar-refractivity contribution in [3.05, 3.63) is 29.3 Å². The van der Waals surface area contributed by atoms with Crippen LogP contribution in [0.2, 0.25) is 0 Å². The lowest BCUT2D eigenvalue weighted by Crippen LogP contribution is -2.22. The highest BCUT2D eigenvalue weighted by molar-refractivity contribution is 6.16. The minimum atomic E-state index is -0.215. The molecule has 2 bridgehead atoms. The van der Waals surface area contributed by atoms with E-state index in [1.165, 1.54) is 6.07 Å². The molecule has 3 unspecified atom stereocenters. The molecule has 20 heavy (non-hydrogen) atoms. The summed E-state index contributed by atoms with van der Waals surface area (Å²) in [7, 11) is 0. The number of alkyl halides is 1. The molecule has 0 aliphatic carbocycles. The number of imidazole rings is 1. The van der Waals surface area contributed by atoms with Crippen LogP contribution in [0, 0.1) is 12.7 Å². The summed E-state index contributed by atoms with van der Waals surface area (Å²) in [6.45, 7) is 1.78. The number of nitrogens with zero attached hydrogens (tertiary/aromatic N) is 2. The Balaban J connectivity index is 1.90. The minimum absolute atomic E-state index is 0.215. The number of hydrogen-bond donors (Lipinski definition) is 0. The number of halogens is 2. The second-order valence-electron chi connectivity index (χ2n) is 5.80. The van der Waals surface area contributed by atoms with Gasteiger partial charge in [0, 0.05) is 6.07 Å². The van der Waals surface area contributed by atoms with Crippen molar-refractivity contribution in [2.75, 3.05) is 0 Å². The van der Waals surface area contributed by atoms with Crippen LogP contribution in [0.25, 0.3) is 11.0 Å². The van der Waals surface area contributed by atoms with E-state index in [0.717, 1.165) is 30.6 Å². The summed E-state index contributed by atoms with van der Waals surface area (Å²) >= 11 is 6.05. The van der Waals surface area contributed by atoms with Crippen molar-refractivity contribution in [1.29, 1.82) is 0 Å². The van der Waals surface area contributed by atoms with Crippen molar-refractivity contribution >= 4 is 22.6 Å². The molecule has 1 aromatic carbocycles. The number of aryl methyl sites for hydroxylation is 1. The largest absolute Gasteiger partial charge is 0.373 e. The van der Waals surface area contributed by atoms with E-state index in [9.17, 15) is 4.39 Å². The predicted octanol–water partition coefficient (Wildman–Crippen LogP) is 3.72. The third kappa shape index (κ3) is 1.71. The number of rotatable bonds is 2. The molecule has 2 saturated heterocycles. The van der Waals surface area contributed by atoms with Crippen LogP contribution in [0.3, 0.4) is 0 Å². The van der Waals surface area contributed by atoms with Crippen LogP contribution in [0.5, 0.6) is 0 Å². The fourth-order valence-electron chi connectivity index (χ4n) is 3.62. The summed E-state index contributed by atoms with van der Waals surface area (Å²) in [4.78, 5) is 4.50. The Morgan fingerprint density at radius 1 is 1.45 bits per heavy atom. The van der Waals surface area contributed by atoms with Gasteiger partial charge in [0.05, 0.1) is 35.2 Å². The van der Waals surface area contributed by atoms with E-state index in [-0.39, 0.29) is 18.0 Å². The van der Waals surface area contributed by atoms with Gasteiger partial charge >= 0.3 is 0 Å². The second kappa shape index (κ2) is 4.43. The van der Waals surface area contributed by atoms with Crippen molar-refractivity contribution in [2.24, 2.45) is 0 Å². The summed E-state index contributed by atoms with van der Waals surface area (Å²) < 4.78 is 21.8. The maximum absolute atomic E-state index is 13.7. The summed E-state index contributed by atoms with van der Waals surface area (Å²) in [5, 5.41) is 0. The molecule has 2 fully saturated rings. The van der Waals surface area contributed by atoms with Crippen molar-refractivity contribution in [3.8, 4) is 0 Å². The molecule has 1 aromatic heterocycles. The fourth-order valence-corrected chi connectivity index (χ4v) is 3.81. The van der Waals surface area contributed by atoms with Gasteiger partial charge in [0.15, 0.2) is 0 Å². The maximum atomic E-state index is 13.7. The molecular formula is C15H16ClFN2O. The third-order valence-electron chi connectivity index (χ3n) is 4.57. The summed E-state index contributed by atoms with van der Waals surface area (Å²) in [5.41, 5.74) is 2.30. The number of ether oxygens (including phenoxy) is 1. The topological polar surface area (TPSA) is 27.1 Å². The Kier molecular flexibility index (Phi) is 2.79. The van der Waals surface area contributed by atoms with Gasteiger partial charge in [0.2, 0.25) is 0 Å². The zero-order chi connectivity index (χ0) is 13.9. The number of benzene rings is 1. The van der Waals surface area contributed by atoms with E-state index < -0.39 is 0 Å². The quantitative estimate of drug-likeness (QED) is 0.790. The molecular weight excluding hydrogens is 279 g/mol. The normalized spacial score (nSPS) is 28.6. The summed E-state index contributed by atoms with van der Waals surface area (Å²) in [5.74, 6) is 0.934. The summed E-state index contributed by atoms with van der Waals surface area (Å²) in [6.07, 6.45) is 3.88. The van der Waals surface area contributed by atoms with E-state index in [4.69, 9.17) is 16.3 Å². The van der Waals surface area contributed by atoms with Crippen molar-refractivity contribution < 1.29 is 9.13 Å². The van der Waals surface area contributed by atoms with Gasteiger partial charge in [-0.1, -0.05) is 0 Å². The van der Waals surface area contributed by atoms with Crippen LogP contribution in [-0.2, 0) is 10.6 Å². The van der Waals surface area contributed by atoms with Crippen LogP contribution in [0.1, 0.15) is 36.7 Å². The van der Waals surface area contributed by atoms with Crippen LogP contribution in [-0.4, -0.2) is 21.8 Å². The first-order valence-electron chi connectivity index (χ1n) is 7.05. The highest BCUT2D eigenvalue weighted by Gasteiger charge is 2.42. The Hall–Kier alpha value is -1.13. The molecule has 3 nitrogen and oxygen atoms in total. The highest BCUT2D eigenvalue weighted by Crippen LogP contribution is 2.43. The van der Waals surface area contributed by atoms with Crippen molar-refractivity contribution in [2.45, 2.75) is 50.3 Å². The smallest absolute Gasteiger partial charge is 0.128 e. The van der Waals surface area contributed by atoms with Gasteiger partial charge in [0.1, 0.15) is 11.6 Å². The SMILES string of the molecule is Cc1cc2c(cc1F)nc(CCl)n2C1CC2CCC1O2. The molecule has 3 heterocycles. The predicted molar refractivity (Wildman–Crippen MR) is 75.5 cm³/mol. The van der Waals surface area contributed by atoms with Gasteiger partial charge in [-0.2, -0.15) is 0 Å². The second-order valence-corrected chi connectivity index (χ2v) is 6.07. The van der Waals surface area contributed by atoms with E-state index in [2.05, 4.69) is 9.55 Å². The third-order valence-corrected chi connectivity index (χ3v) is 4.81. The zero-order valence-corrected chi connectivity index (χ0v) is 12.0. The van der Waals surface area contributed by atoms with E-state index in [1.807, 2.05) is 6.07 Å². The molecule has 0 spiro atoms. The Morgan fingerprint density at radius 3 is 2.95 bits per heavy atom. The molecule has 2 aromatic rings. The fraction of sp³-hybridized carbons (Fsp3) is 0.533. The first-order valence-corrected chi connectivity index (χ1v) is 7.59. The first-order chi connectivity index (χ1) is 9.67. The number of fused-ring (bicyclic) bond motifs is 3. The average molecular weight is 295 g/mol. The molecule has 0 radical (unpaired) electrons. The molecule has 4 rings (SSSR count). The standard InChI is InChI=1S/C15H16ClFN2O/c1-8-4-12-11(6-10(8)17)18-15(7-16)19(12)13-5-9-2-3-14(13)20-9/h4,6,9,13-14H,2-3,5,7H2,1H3. The van der Waals surface area contributed by atoms with E-state index >= 15 is 0 Å². The lowest BCUT2D eigenvalue weighted by Gasteiger charge is -2.23. The van der Waals surface area contributed by atoms with Gasteiger partial charge in [-0.15, -0.1) is 11.6 Å². The van der Waals surface area contributed by atoms with E-state index in [0.29, 0.717) is 23.1 Å². The molecule has 5 heteroatoms. The summed E-state index contributed by atoms with van der Waals surface area (Å²) in [6, 6.07) is 3.67.